The molecule has 2 heterocycles. The number of rotatable bonds is 8. The van der Waals surface area contributed by atoms with Crippen LogP contribution in [-0.4, -0.2) is 36.4 Å². The second-order valence-corrected chi connectivity index (χ2v) is 9.08. The van der Waals surface area contributed by atoms with Crippen molar-refractivity contribution in [2.24, 2.45) is 11.7 Å². The molecule has 2 atom stereocenters. The summed E-state index contributed by atoms with van der Waals surface area (Å²) in [7, 11) is 0. The quantitative estimate of drug-likeness (QED) is 0.622. The van der Waals surface area contributed by atoms with Crippen molar-refractivity contribution in [3.05, 3.63) is 41.6 Å². The molecule has 2 aromatic rings. The van der Waals surface area contributed by atoms with Crippen molar-refractivity contribution in [2.75, 3.05) is 25.1 Å². The summed E-state index contributed by atoms with van der Waals surface area (Å²) in [6.45, 7) is 8.33. The Bertz CT molecular complexity index is 804. The molecule has 3 rings (SSSR count). The van der Waals surface area contributed by atoms with Crippen molar-refractivity contribution in [1.82, 2.24) is 4.98 Å². The van der Waals surface area contributed by atoms with Crippen LogP contribution < -0.4 is 15.8 Å². The SMILES string of the molecule is CC(C)CC(C)(N)COc1ccc(-c2ccnc(NC3CCCOC3)c2)cc1Cl. The maximum Gasteiger partial charge on any atom is 0.138 e. The molecule has 158 valence electrons. The summed E-state index contributed by atoms with van der Waals surface area (Å²) >= 11 is 6.50. The van der Waals surface area contributed by atoms with Gasteiger partial charge < -0.3 is 20.5 Å². The smallest absolute Gasteiger partial charge is 0.138 e. The number of hydrogen-bond donors (Lipinski definition) is 2. The fourth-order valence-corrected chi connectivity index (χ4v) is 4.02. The van der Waals surface area contributed by atoms with E-state index in [1.165, 1.54) is 0 Å². The number of ether oxygens (including phenoxy) is 2. The molecule has 1 fully saturated rings. The first-order valence-corrected chi connectivity index (χ1v) is 10.7. The second kappa shape index (κ2) is 9.79. The van der Waals surface area contributed by atoms with E-state index in [1.54, 1.807) is 0 Å². The predicted molar refractivity (Wildman–Crippen MR) is 120 cm³/mol. The van der Waals surface area contributed by atoms with Gasteiger partial charge in [0.25, 0.3) is 0 Å². The largest absolute Gasteiger partial charge is 0.490 e. The summed E-state index contributed by atoms with van der Waals surface area (Å²) in [5.41, 5.74) is 8.03. The van der Waals surface area contributed by atoms with Gasteiger partial charge in [0.15, 0.2) is 0 Å². The number of nitrogens with one attached hydrogen (secondary N) is 1. The van der Waals surface area contributed by atoms with Crippen LogP contribution in [0.5, 0.6) is 5.75 Å². The first-order valence-electron chi connectivity index (χ1n) is 10.3. The van der Waals surface area contributed by atoms with Crippen LogP contribution in [0.4, 0.5) is 5.82 Å². The van der Waals surface area contributed by atoms with Crippen LogP contribution in [0.3, 0.4) is 0 Å². The maximum atomic E-state index is 6.50. The Hall–Kier alpha value is -1.82. The van der Waals surface area contributed by atoms with Crippen LogP contribution in [0.25, 0.3) is 11.1 Å². The van der Waals surface area contributed by atoms with Crippen LogP contribution in [-0.2, 0) is 4.74 Å². The number of halogens is 1. The molecular formula is C23H32ClN3O2. The Morgan fingerprint density at radius 2 is 2.10 bits per heavy atom. The number of hydrogen-bond acceptors (Lipinski definition) is 5. The van der Waals surface area contributed by atoms with Crippen molar-refractivity contribution in [2.45, 2.75) is 51.6 Å². The summed E-state index contributed by atoms with van der Waals surface area (Å²) in [6.07, 6.45) is 4.88. The zero-order valence-electron chi connectivity index (χ0n) is 17.6. The third kappa shape index (κ3) is 6.59. The fraction of sp³-hybridized carbons (Fsp3) is 0.522. The van der Waals surface area contributed by atoms with Gasteiger partial charge in [0.05, 0.1) is 17.7 Å². The van der Waals surface area contributed by atoms with E-state index in [2.05, 4.69) is 24.1 Å². The van der Waals surface area contributed by atoms with Crippen molar-refractivity contribution in [3.8, 4) is 16.9 Å². The van der Waals surface area contributed by atoms with Gasteiger partial charge in [-0.2, -0.15) is 0 Å². The molecule has 0 bridgehead atoms. The molecule has 1 aliphatic heterocycles. The van der Waals surface area contributed by atoms with E-state index in [1.807, 2.05) is 43.5 Å². The molecule has 0 aliphatic carbocycles. The lowest BCUT2D eigenvalue weighted by atomic mass is 9.93. The van der Waals surface area contributed by atoms with Crippen LogP contribution in [0.1, 0.15) is 40.0 Å². The molecule has 0 radical (unpaired) electrons. The normalized spacial score (nSPS) is 19.0. The summed E-state index contributed by atoms with van der Waals surface area (Å²) in [4.78, 5) is 4.44. The molecule has 0 spiro atoms. The molecule has 29 heavy (non-hydrogen) atoms. The van der Waals surface area contributed by atoms with Gasteiger partial charge in [-0.1, -0.05) is 31.5 Å². The minimum atomic E-state index is -0.384. The van der Waals surface area contributed by atoms with E-state index < -0.39 is 0 Å². The predicted octanol–water partition coefficient (Wildman–Crippen LogP) is 5.14. The molecule has 1 aromatic carbocycles. The minimum absolute atomic E-state index is 0.308. The highest BCUT2D eigenvalue weighted by Crippen LogP contribution is 2.32. The second-order valence-electron chi connectivity index (χ2n) is 8.67. The monoisotopic (exact) mass is 417 g/mol. The Morgan fingerprint density at radius 1 is 1.31 bits per heavy atom. The lowest BCUT2D eigenvalue weighted by molar-refractivity contribution is 0.0875. The van der Waals surface area contributed by atoms with Crippen molar-refractivity contribution >= 4 is 17.4 Å². The van der Waals surface area contributed by atoms with Crippen LogP contribution in [0.15, 0.2) is 36.5 Å². The van der Waals surface area contributed by atoms with Gasteiger partial charge in [-0.3, -0.25) is 0 Å². The third-order valence-corrected chi connectivity index (χ3v) is 5.26. The summed E-state index contributed by atoms with van der Waals surface area (Å²) < 4.78 is 11.5. The number of pyridine rings is 1. The van der Waals surface area contributed by atoms with Crippen LogP contribution >= 0.6 is 11.6 Å². The zero-order valence-corrected chi connectivity index (χ0v) is 18.3. The van der Waals surface area contributed by atoms with Gasteiger partial charge in [-0.05, 0) is 67.5 Å². The zero-order chi connectivity index (χ0) is 20.9. The van der Waals surface area contributed by atoms with Crippen molar-refractivity contribution < 1.29 is 9.47 Å². The molecule has 0 saturated carbocycles. The highest BCUT2D eigenvalue weighted by molar-refractivity contribution is 6.32. The van der Waals surface area contributed by atoms with E-state index in [4.69, 9.17) is 26.8 Å². The highest BCUT2D eigenvalue weighted by Gasteiger charge is 2.21. The molecule has 1 aromatic heterocycles. The lowest BCUT2D eigenvalue weighted by Gasteiger charge is -2.27. The van der Waals surface area contributed by atoms with Gasteiger partial charge in [0, 0.05) is 18.3 Å². The first-order chi connectivity index (χ1) is 13.8. The van der Waals surface area contributed by atoms with E-state index in [-0.39, 0.29) is 5.54 Å². The lowest BCUT2D eigenvalue weighted by Crippen LogP contribution is -2.43. The number of nitrogens with two attached hydrogens (primary N) is 1. The summed E-state index contributed by atoms with van der Waals surface area (Å²) in [5, 5.41) is 4.04. The van der Waals surface area contributed by atoms with Crippen LogP contribution in [0, 0.1) is 5.92 Å². The average Bonchev–Trinajstić information content (AvgIpc) is 2.67. The molecule has 0 amide bonds. The number of anilines is 1. The van der Waals surface area contributed by atoms with E-state index >= 15 is 0 Å². The number of aromatic nitrogens is 1. The van der Waals surface area contributed by atoms with Crippen molar-refractivity contribution in [3.63, 3.8) is 0 Å². The maximum absolute atomic E-state index is 6.50. The van der Waals surface area contributed by atoms with Gasteiger partial charge in [0.1, 0.15) is 18.2 Å². The molecular weight excluding hydrogens is 386 g/mol. The standard InChI is InChI=1S/C23H32ClN3O2/c1-16(2)13-23(3,25)15-29-21-7-6-17(11-20(21)24)18-8-9-26-22(12-18)27-19-5-4-10-28-14-19/h6-9,11-12,16,19H,4-5,10,13-15,25H2,1-3H3,(H,26,27). The van der Waals surface area contributed by atoms with E-state index in [0.29, 0.717) is 29.3 Å². The molecule has 2 unspecified atom stereocenters. The summed E-state index contributed by atoms with van der Waals surface area (Å²) in [6, 6.07) is 10.2. The topological polar surface area (TPSA) is 69.4 Å². The van der Waals surface area contributed by atoms with Gasteiger partial charge >= 0.3 is 0 Å². The fourth-order valence-electron chi connectivity index (χ4n) is 3.78. The molecule has 6 heteroatoms. The number of benzene rings is 1. The van der Waals surface area contributed by atoms with Crippen LogP contribution in [0.2, 0.25) is 5.02 Å². The van der Waals surface area contributed by atoms with E-state index in [9.17, 15) is 0 Å². The Kier molecular flexibility index (Phi) is 7.38. The molecule has 3 N–H and O–H groups in total. The van der Waals surface area contributed by atoms with Crippen molar-refractivity contribution in [1.29, 1.82) is 0 Å². The van der Waals surface area contributed by atoms with E-state index in [0.717, 1.165) is 49.4 Å². The summed E-state index contributed by atoms with van der Waals surface area (Å²) in [5.74, 6) is 2.02. The number of nitrogens with zero attached hydrogens (tertiary/aromatic N) is 1. The highest BCUT2D eigenvalue weighted by atomic mass is 35.5. The third-order valence-electron chi connectivity index (χ3n) is 4.97. The Morgan fingerprint density at radius 3 is 2.79 bits per heavy atom. The first kappa shape index (κ1) is 21.9. The Balaban J connectivity index is 1.67. The molecule has 1 saturated heterocycles. The average molecular weight is 418 g/mol. The molecule has 1 aliphatic rings. The Labute approximate surface area is 179 Å². The van der Waals surface area contributed by atoms with Gasteiger partial charge in [0.2, 0.25) is 0 Å². The minimum Gasteiger partial charge on any atom is -0.490 e. The van der Waals surface area contributed by atoms with Gasteiger partial charge in [-0.15, -0.1) is 0 Å². The molecule has 5 nitrogen and oxygen atoms in total. The van der Waals surface area contributed by atoms with Gasteiger partial charge in [-0.25, -0.2) is 4.98 Å².